The van der Waals surface area contributed by atoms with Gasteiger partial charge in [-0.2, -0.15) is 0 Å². The van der Waals surface area contributed by atoms with Crippen molar-refractivity contribution in [2.24, 2.45) is 0 Å². The summed E-state index contributed by atoms with van der Waals surface area (Å²) in [5.74, 6) is 0.817. The molecule has 0 aliphatic rings. The van der Waals surface area contributed by atoms with E-state index in [1.54, 1.807) is 12.5 Å². The van der Waals surface area contributed by atoms with Crippen LogP contribution < -0.4 is 0 Å². The zero-order valence-electron chi connectivity index (χ0n) is 7.08. The second kappa shape index (κ2) is 3.98. The maximum atomic E-state index is 5.87. The highest BCUT2D eigenvalue weighted by Crippen LogP contribution is 2.18. The first-order chi connectivity index (χ1) is 6.75. The van der Waals surface area contributed by atoms with E-state index in [0.717, 1.165) is 11.3 Å². The molecular formula is C9H6Cl2N2O. The molecule has 2 aromatic heterocycles. The highest BCUT2D eigenvalue weighted by Gasteiger charge is 2.06. The minimum atomic E-state index is 0.151. The molecule has 0 saturated heterocycles. The molecule has 0 amide bonds. The van der Waals surface area contributed by atoms with Crippen molar-refractivity contribution in [3.8, 4) is 0 Å². The standard InChI is InChI=1S/C9H6Cl2N2O/c10-8-6(5-12-9(11)13-8)4-7-2-1-3-14-7/h1-3,5H,4H2. The van der Waals surface area contributed by atoms with E-state index in [4.69, 9.17) is 27.6 Å². The van der Waals surface area contributed by atoms with Crippen molar-refractivity contribution in [2.45, 2.75) is 6.42 Å². The number of nitrogens with zero attached hydrogens (tertiary/aromatic N) is 2. The Balaban J connectivity index is 2.25. The van der Waals surface area contributed by atoms with Gasteiger partial charge in [0, 0.05) is 18.2 Å². The summed E-state index contributed by atoms with van der Waals surface area (Å²) in [4.78, 5) is 7.68. The molecular weight excluding hydrogens is 223 g/mol. The van der Waals surface area contributed by atoms with Gasteiger partial charge in [-0.1, -0.05) is 11.6 Å². The number of rotatable bonds is 2. The van der Waals surface area contributed by atoms with Crippen LogP contribution in [0.2, 0.25) is 10.4 Å². The van der Waals surface area contributed by atoms with Gasteiger partial charge in [0.25, 0.3) is 0 Å². The van der Waals surface area contributed by atoms with E-state index in [1.165, 1.54) is 0 Å². The van der Waals surface area contributed by atoms with Gasteiger partial charge < -0.3 is 4.42 Å². The summed E-state index contributed by atoms with van der Waals surface area (Å²) < 4.78 is 5.18. The minimum Gasteiger partial charge on any atom is -0.469 e. The van der Waals surface area contributed by atoms with Crippen LogP contribution in [-0.2, 0) is 6.42 Å². The van der Waals surface area contributed by atoms with Crippen molar-refractivity contribution in [1.82, 2.24) is 9.97 Å². The monoisotopic (exact) mass is 228 g/mol. The van der Waals surface area contributed by atoms with Crippen molar-refractivity contribution in [1.29, 1.82) is 0 Å². The molecule has 0 radical (unpaired) electrons. The van der Waals surface area contributed by atoms with Crippen molar-refractivity contribution in [3.63, 3.8) is 0 Å². The van der Waals surface area contributed by atoms with E-state index in [-0.39, 0.29) is 5.28 Å². The summed E-state index contributed by atoms with van der Waals surface area (Å²) in [5.41, 5.74) is 0.797. The summed E-state index contributed by atoms with van der Waals surface area (Å²) in [6.07, 6.45) is 3.78. The molecule has 0 saturated carbocycles. The lowest BCUT2D eigenvalue weighted by atomic mass is 10.2. The third kappa shape index (κ3) is 2.05. The van der Waals surface area contributed by atoms with Crippen LogP contribution in [0.3, 0.4) is 0 Å². The molecule has 0 aromatic carbocycles. The van der Waals surface area contributed by atoms with Crippen molar-refractivity contribution in [3.05, 3.63) is 46.4 Å². The summed E-state index contributed by atoms with van der Waals surface area (Å²) in [6, 6.07) is 3.69. The number of furan rings is 1. The van der Waals surface area contributed by atoms with E-state index in [1.807, 2.05) is 12.1 Å². The highest BCUT2D eigenvalue weighted by atomic mass is 35.5. The Labute approximate surface area is 90.7 Å². The fourth-order valence-electron chi connectivity index (χ4n) is 1.09. The van der Waals surface area contributed by atoms with Gasteiger partial charge in [-0.15, -0.1) is 0 Å². The molecule has 5 heteroatoms. The third-order valence-electron chi connectivity index (χ3n) is 1.73. The second-order valence-electron chi connectivity index (χ2n) is 2.71. The van der Waals surface area contributed by atoms with Gasteiger partial charge in [-0.3, -0.25) is 0 Å². The van der Waals surface area contributed by atoms with Crippen molar-refractivity contribution < 1.29 is 4.42 Å². The van der Waals surface area contributed by atoms with E-state index >= 15 is 0 Å². The average Bonchev–Trinajstić information content (AvgIpc) is 2.62. The molecule has 0 bridgehead atoms. The van der Waals surface area contributed by atoms with E-state index in [0.29, 0.717) is 11.6 Å². The Kier molecular flexibility index (Phi) is 2.70. The molecule has 0 N–H and O–H groups in total. The number of halogens is 2. The molecule has 0 spiro atoms. The first kappa shape index (κ1) is 9.49. The number of aromatic nitrogens is 2. The fraction of sp³-hybridized carbons (Fsp3) is 0.111. The van der Waals surface area contributed by atoms with Gasteiger partial charge in [-0.05, 0) is 23.7 Å². The molecule has 14 heavy (non-hydrogen) atoms. The Morgan fingerprint density at radius 2 is 2.21 bits per heavy atom. The molecule has 2 aromatic rings. The van der Waals surface area contributed by atoms with Crippen molar-refractivity contribution >= 4 is 23.2 Å². The molecule has 0 unspecified atom stereocenters. The second-order valence-corrected chi connectivity index (χ2v) is 3.41. The lowest BCUT2D eigenvalue weighted by molar-refractivity contribution is 0.520. The van der Waals surface area contributed by atoms with Gasteiger partial charge in [-0.25, -0.2) is 9.97 Å². The largest absolute Gasteiger partial charge is 0.469 e. The summed E-state index contributed by atoms with van der Waals surface area (Å²) in [6.45, 7) is 0. The quantitative estimate of drug-likeness (QED) is 0.586. The lowest BCUT2D eigenvalue weighted by Gasteiger charge is -2.00. The van der Waals surface area contributed by atoms with Crippen LogP contribution in [0.25, 0.3) is 0 Å². The average molecular weight is 229 g/mol. The van der Waals surface area contributed by atoms with Gasteiger partial charge >= 0.3 is 0 Å². The maximum absolute atomic E-state index is 5.87. The first-order valence-electron chi connectivity index (χ1n) is 3.95. The van der Waals surface area contributed by atoms with Crippen LogP contribution in [-0.4, -0.2) is 9.97 Å². The van der Waals surface area contributed by atoms with Crippen LogP contribution in [0, 0.1) is 0 Å². The summed E-state index contributed by atoms with van der Waals surface area (Å²) in [5, 5.41) is 0.514. The highest BCUT2D eigenvalue weighted by molar-refractivity contribution is 6.32. The van der Waals surface area contributed by atoms with Crippen LogP contribution in [0.15, 0.2) is 29.0 Å². The first-order valence-corrected chi connectivity index (χ1v) is 4.70. The van der Waals surface area contributed by atoms with E-state index in [2.05, 4.69) is 9.97 Å². The molecule has 3 nitrogen and oxygen atoms in total. The van der Waals surface area contributed by atoms with Crippen LogP contribution in [0.5, 0.6) is 0 Å². The Bertz CT molecular complexity index is 428. The topological polar surface area (TPSA) is 38.9 Å². The van der Waals surface area contributed by atoms with Gasteiger partial charge in [0.05, 0.1) is 6.26 Å². The van der Waals surface area contributed by atoms with Crippen molar-refractivity contribution in [2.75, 3.05) is 0 Å². The molecule has 2 heterocycles. The lowest BCUT2D eigenvalue weighted by Crippen LogP contribution is -1.92. The van der Waals surface area contributed by atoms with Gasteiger partial charge in [0.1, 0.15) is 10.9 Å². The predicted octanol–water partition coefficient (Wildman–Crippen LogP) is 2.97. The zero-order valence-corrected chi connectivity index (χ0v) is 8.59. The Morgan fingerprint density at radius 3 is 2.86 bits per heavy atom. The number of hydrogen-bond donors (Lipinski definition) is 0. The normalized spacial score (nSPS) is 10.4. The summed E-state index contributed by atoms with van der Waals surface area (Å²) >= 11 is 11.4. The molecule has 72 valence electrons. The fourth-order valence-corrected chi connectivity index (χ4v) is 1.46. The third-order valence-corrected chi connectivity index (χ3v) is 2.24. The predicted molar refractivity (Wildman–Crippen MR) is 53.6 cm³/mol. The van der Waals surface area contributed by atoms with Crippen LogP contribution >= 0.6 is 23.2 Å². The zero-order chi connectivity index (χ0) is 9.97. The summed E-state index contributed by atoms with van der Waals surface area (Å²) in [7, 11) is 0. The Morgan fingerprint density at radius 1 is 1.36 bits per heavy atom. The molecule has 0 aliphatic carbocycles. The molecule has 0 fully saturated rings. The Hall–Kier alpha value is -1.06. The number of hydrogen-bond acceptors (Lipinski definition) is 3. The molecule has 0 atom stereocenters. The SMILES string of the molecule is Clc1ncc(Cc2ccco2)c(Cl)n1. The van der Waals surface area contributed by atoms with E-state index < -0.39 is 0 Å². The smallest absolute Gasteiger partial charge is 0.223 e. The molecule has 0 aliphatic heterocycles. The van der Waals surface area contributed by atoms with Gasteiger partial charge in [0.2, 0.25) is 5.28 Å². The molecule has 2 rings (SSSR count). The van der Waals surface area contributed by atoms with Crippen LogP contribution in [0.1, 0.15) is 11.3 Å². The van der Waals surface area contributed by atoms with Crippen LogP contribution in [0.4, 0.5) is 0 Å². The van der Waals surface area contributed by atoms with E-state index in [9.17, 15) is 0 Å². The maximum Gasteiger partial charge on any atom is 0.223 e. The minimum absolute atomic E-state index is 0.151. The van der Waals surface area contributed by atoms with Gasteiger partial charge in [0.15, 0.2) is 0 Å².